The molecule has 0 saturated carbocycles. The van der Waals surface area contributed by atoms with E-state index in [0.29, 0.717) is 13.0 Å². The fourth-order valence-electron chi connectivity index (χ4n) is 1.78. The van der Waals surface area contributed by atoms with Crippen molar-refractivity contribution >= 4 is 23.7 Å². The van der Waals surface area contributed by atoms with Crippen LogP contribution in [0, 0.1) is 5.92 Å². The Morgan fingerprint density at radius 1 is 1.42 bits per heavy atom. The van der Waals surface area contributed by atoms with Gasteiger partial charge < -0.3 is 19.5 Å². The van der Waals surface area contributed by atoms with Crippen molar-refractivity contribution in [3.8, 4) is 0 Å². The van der Waals surface area contributed by atoms with Crippen LogP contribution < -0.4 is 5.32 Å². The summed E-state index contributed by atoms with van der Waals surface area (Å²) in [7, 11) is 0. The number of rotatable bonds is 4. The topological polar surface area (TPSA) is 73.9 Å². The SMILES string of the molecule is CC(C)(C)OC(=O)NCC1OCCC1C(=O)OCCl. The Balaban J connectivity index is 2.39. The maximum Gasteiger partial charge on any atom is 0.407 e. The highest BCUT2D eigenvalue weighted by molar-refractivity contribution is 6.17. The molecule has 1 amide bonds. The minimum Gasteiger partial charge on any atom is -0.449 e. The van der Waals surface area contributed by atoms with Crippen LogP contribution in [0.5, 0.6) is 0 Å². The van der Waals surface area contributed by atoms with E-state index < -0.39 is 29.7 Å². The minimum atomic E-state index is -0.558. The van der Waals surface area contributed by atoms with E-state index in [-0.39, 0.29) is 12.6 Å². The first-order valence-electron chi connectivity index (χ1n) is 6.14. The number of alkyl halides is 1. The second kappa shape index (κ2) is 6.96. The van der Waals surface area contributed by atoms with Crippen LogP contribution in [0.3, 0.4) is 0 Å². The summed E-state index contributed by atoms with van der Waals surface area (Å²) in [6.45, 7) is 6.00. The normalized spacial score (nSPS) is 22.9. The summed E-state index contributed by atoms with van der Waals surface area (Å²) in [5, 5.41) is 2.58. The van der Waals surface area contributed by atoms with Crippen LogP contribution >= 0.6 is 11.6 Å². The van der Waals surface area contributed by atoms with Gasteiger partial charge >= 0.3 is 12.1 Å². The van der Waals surface area contributed by atoms with Gasteiger partial charge in [-0.15, -0.1) is 0 Å². The zero-order valence-corrected chi connectivity index (χ0v) is 12.2. The van der Waals surface area contributed by atoms with Gasteiger partial charge in [-0.2, -0.15) is 0 Å². The second-order valence-corrected chi connectivity index (χ2v) is 5.48. The Morgan fingerprint density at radius 2 is 2.11 bits per heavy atom. The van der Waals surface area contributed by atoms with Gasteiger partial charge in [0.25, 0.3) is 0 Å². The van der Waals surface area contributed by atoms with Crippen LogP contribution in [0.1, 0.15) is 27.2 Å². The lowest BCUT2D eigenvalue weighted by Crippen LogP contribution is -2.40. The Labute approximate surface area is 117 Å². The molecule has 2 atom stereocenters. The number of halogens is 1. The molecule has 1 saturated heterocycles. The smallest absolute Gasteiger partial charge is 0.407 e. The van der Waals surface area contributed by atoms with Crippen LogP contribution in [0.2, 0.25) is 0 Å². The number of hydrogen-bond acceptors (Lipinski definition) is 5. The molecule has 0 aliphatic carbocycles. The molecule has 0 bridgehead atoms. The summed E-state index contributed by atoms with van der Waals surface area (Å²) < 4.78 is 15.2. The molecular weight excluding hydrogens is 274 g/mol. The van der Waals surface area contributed by atoms with Crippen LogP contribution in [0.4, 0.5) is 4.79 Å². The Bertz CT molecular complexity index is 329. The quantitative estimate of drug-likeness (QED) is 0.630. The highest BCUT2D eigenvalue weighted by Gasteiger charge is 2.35. The van der Waals surface area contributed by atoms with Gasteiger partial charge in [0.2, 0.25) is 0 Å². The number of esters is 1. The maximum absolute atomic E-state index is 11.6. The molecule has 0 aromatic carbocycles. The molecule has 1 fully saturated rings. The number of ether oxygens (including phenoxy) is 3. The number of hydrogen-bond donors (Lipinski definition) is 1. The Morgan fingerprint density at radius 3 is 2.68 bits per heavy atom. The van der Waals surface area contributed by atoms with Crippen molar-refractivity contribution < 1.29 is 23.8 Å². The summed E-state index contributed by atoms with van der Waals surface area (Å²) in [4.78, 5) is 23.1. The lowest BCUT2D eigenvalue weighted by Gasteiger charge is -2.21. The predicted molar refractivity (Wildman–Crippen MR) is 68.9 cm³/mol. The summed E-state index contributed by atoms with van der Waals surface area (Å²) >= 11 is 5.35. The van der Waals surface area contributed by atoms with Gasteiger partial charge in [0, 0.05) is 13.2 Å². The van der Waals surface area contributed by atoms with E-state index in [1.807, 2.05) is 0 Å². The number of amides is 1. The van der Waals surface area contributed by atoms with Crippen molar-refractivity contribution in [1.29, 1.82) is 0 Å². The maximum atomic E-state index is 11.6. The van der Waals surface area contributed by atoms with Crippen LogP contribution in [0.15, 0.2) is 0 Å². The first-order chi connectivity index (χ1) is 8.83. The highest BCUT2D eigenvalue weighted by atomic mass is 35.5. The molecule has 1 heterocycles. The fourth-order valence-corrected chi connectivity index (χ4v) is 1.89. The van der Waals surface area contributed by atoms with Crippen molar-refractivity contribution in [2.45, 2.75) is 38.9 Å². The zero-order chi connectivity index (χ0) is 14.5. The molecule has 2 unspecified atom stereocenters. The van der Waals surface area contributed by atoms with E-state index in [4.69, 9.17) is 25.8 Å². The monoisotopic (exact) mass is 293 g/mol. The molecule has 0 aromatic heterocycles. The molecule has 0 aromatic rings. The van der Waals surface area contributed by atoms with Gasteiger partial charge in [0.15, 0.2) is 6.07 Å². The average molecular weight is 294 g/mol. The van der Waals surface area contributed by atoms with E-state index in [9.17, 15) is 9.59 Å². The Hall–Kier alpha value is -1.01. The third kappa shape index (κ3) is 5.65. The van der Waals surface area contributed by atoms with Crippen molar-refractivity contribution in [3.05, 3.63) is 0 Å². The van der Waals surface area contributed by atoms with Gasteiger partial charge in [-0.1, -0.05) is 11.6 Å². The predicted octanol–water partition coefficient (Wildman–Crippen LogP) is 1.66. The number of nitrogens with one attached hydrogen (secondary N) is 1. The minimum absolute atomic E-state index is 0.179. The molecule has 1 aliphatic rings. The zero-order valence-electron chi connectivity index (χ0n) is 11.4. The van der Waals surface area contributed by atoms with Gasteiger partial charge in [0.1, 0.15) is 5.60 Å². The first kappa shape index (κ1) is 16.0. The number of carbonyl (C=O) groups is 2. The average Bonchev–Trinajstić information content (AvgIpc) is 2.72. The molecule has 0 radical (unpaired) electrons. The van der Waals surface area contributed by atoms with Crippen molar-refractivity contribution in [3.63, 3.8) is 0 Å². The van der Waals surface area contributed by atoms with Crippen molar-refractivity contribution in [2.75, 3.05) is 19.2 Å². The highest BCUT2D eigenvalue weighted by Crippen LogP contribution is 2.22. The molecule has 0 spiro atoms. The number of alkyl carbamates (subject to hydrolysis) is 1. The van der Waals surface area contributed by atoms with Gasteiger partial charge in [-0.05, 0) is 27.2 Å². The lowest BCUT2D eigenvalue weighted by atomic mass is 10.0. The van der Waals surface area contributed by atoms with E-state index in [0.717, 1.165) is 0 Å². The molecule has 1 rings (SSSR count). The Kier molecular flexibility index (Phi) is 5.87. The van der Waals surface area contributed by atoms with Gasteiger partial charge in [-0.25, -0.2) is 4.79 Å². The molecule has 7 heteroatoms. The molecular formula is C12H20ClNO5. The summed E-state index contributed by atoms with van der Waals surface area (Å²) in [5.41, 5.74) is -0.558. The third-order valence-electron chi connectivity index (χ3n) is 2.56. The van der Waals surface area contributed by atoms with Crippen molar-refractivity contribution in [1.82, 2.24) is 5.32 Å². The van der Waals surface area contributed by atoms with E-state index >= 15 is 0 Å². The molecule has 110 valence electrons. The van der Waals surface area contributed by atoms with Crippen molar-refractivity contribution in [2.24, 2.45) is 5.92 Å². The van der Waals surface area contributed by atoms with Gasteiger partial charge in [-0.3, -0.25) is 4.79 Å². The fraction of sp³-hybridized carbons (Fsp3) is 0.833. The van der Waals surface area contributed by atoms with Crippen LogP contribution in [0.25, 0.3) is 0 Å². The summed E-state index contributed by atoms with van der Waals surface area (Å²) in [6, 6.07) is -0.179. The second-order valence-electron chi connectivity index (χ2n) is 5.26. The molecule has 6 nitrogen and oxygen atoms in total. The summed E-state index contributed by atoms with van der Waals surface area (Å²) in [5.74, 6) is -0.794. The largest absolute Gasteiger partial charge is 0.449 e. The van der Waals surface area contributed by atoms with E-state index in [1.54, 1.807) is 20.8 Å². The first-order valence-corrected chi connectivity index (χ1v) is 6.68. The van der Waals surface area contributed by atoms with Gasteiger partial charge in [0.05, 0.1) is 12.0 Å². The van der Waals surface area contributed by atoms with E-state index in [2.05, 4.69) is 5.32 Å². The van der Waals surface area contributed by atoms with Crippen LogP contribution in [-0.2, 0) is 19.0 Å². The summed E-state index contributed by atoms with van der Waals surface area (Å²) in [6.07, 6.45) is -0.369. The van der Waals surface area contributed by atoms with Crippen LogP contribution in [-0.4, -0.2) is 43.0 Å². The molecule has 1 aliphatic heterocycles. The van der Waals surface area contributed by atoms with E-state index in [1.165, 1.54) is 0 Å². The standard InChI is InChI=1S/C12H20ClNO5/c1-12(2,3)19-11(16)14-6-9-8(4-5-17-9)10(15)18-7-13/h8-9H,4-7H2,1-3H3,(H,14,16). The lowest BCUT2D eigenvalue weighted by molar-refractivity contribution is -0.148. The third-order valence-corrected chi connectivity index (χ3v) is 2.66. The molecule has 19 heavy (non-hydrogen) atoms. The molecule has 1 N–H and O–H groups in total. The number of carbonyl (C=O) groups excluding carboxylic acids is 2.